The molecule has 1 N–H and O–H groups in total. The molecule has 100 valence electrons. The molecule has 2 nitrogen and oxygen atoms in total. The topological polar surface area (TPSA) is 21.3 Å². The van der Waals surface area contributed by atoms with Crippen LogP contribution in [0.5, 0.6) is 5.75 Å². The molecule has 1 fully saturated rings. The Kier molecular flexibility index (Phi) is 4.65. The molecule has 1 heterocycles. The van der Waals surface area contributed by atoms with Gasteiger partial charge in [0.2, 0.25) is 0 Å². The zero-order valence-electron chi connectivity index (χ0n) is 11.8. The minimum absolute atomic E-state index is 0.673. The molecule has 0 aromatic heterocycles. The molecule has 2 unspecified atom stereocenters. The molecule has 1 saturated heterocycles. The zero-order valence-corrected chi connectivity index (χ0v) is 11.8. The molecule has 0 saturated carbocycles. The summed E-state index contributed by atoms with van der Waals surface area (Å²) in [6.45, 7) is 9.71. The van der Waals surface area contributed by atoms with Gasteiger partial charge in [-0.05, 0) is 61.9 Å². The van der Waals surface area contributed by atoms with Gasteiger partial charge in [0.1, 0.15) is 5.75 Å². The van der Waals surface area contributed by atoms with Crippen molar-refractivity contribution in [3.63, 3.8) is 0 Å². The van der Waals surface area contributed by atoms with Gasteiger partial charge in [0.05, 0.1) is 6.61 Å². The second-order valence-corrected chi connectivity index (χ2v) is 5.51. The Morgan fingerprint density at radius 3 is 2.94 bits per heavy atom. The lowest BCUT2D eigenvalue weighted by Crippen LogP contribution is -2.38. The average Bonchev–Trinajstić information content (AvgIpc) is 2.39. The summed E-state index contributed by atoms with van der Waals surface area (Å²) in [4.78, 5) is 0. The largest absolute Gasteiger partial charge is 0.494 e. The van der Waals surface area contributed by atoms with Gasteiger partial charge in [0, 0.05) is 0 Å². The number of hydrogen-bond acceptors (Lipinski definition) is 2. The van der Waals surface area contributed by atoms with Crippen molar-refractivity contribution in [1.29, 1.82) is 0 Å². The van der Waals surface area contributed by atoms with Crippen LogP contribution in [0.2, 0.25) is 0 Å². The van der Waals surface area contributed by atoms with Crippen LogP contribution in [0.4, 0.5) is 0 Å². The van der Waals surface area contributed by atoms with Gasteiger partial charge >= 0.3 is 0 Å². The van der Waals surface area contributed by atoms with Gasteiger partial charge < -0.3 is 10.1 Å². The molecule has 2 atom stereocenters. The van der Waals surface area contributed by atoms with Crippen LogP contribution < -0.4 is 10.1 Å². The standard InChI is InChI=1S/C16H25NO/c1-4-18-14-7-5-6-13(10-14)15-8-9-17-11-16(15)12(2)3/h5-7,10,12,15-17H,4,8-9,11H2,1-3H3. The highest BCUT2D eigenvalue weighted by molar-refractivity contribution is 5.31. The summed E-state index contributed by atoms with van der Waals surface area (Å²) in [6, 6.07) is 8.67. The van der Waals surface area contributed by atoms with Gasteiger partial charge in [-0.15, -0.1) is 0 Å². The van der Waals surface area contributed by atoms with Crippen molar-refractivity contribution in [3.8, 4) is 5.75 Å². The molecule has 1 aromatic rings. The first-order valence-electron chi connectivity index (χ1n) is 7.15. The number of hydrogen-bond donors (Lipinski definition) is 1. The Bertz CT molecular complexity index is 375. The van der Waals surface area contributed by atoms with E-state index in [0.717, 1.165) is 37.3 Å². The molecule has 1 aromatic carbocycles. The summed E-state index contributed by atoms with van der Waals surface area (Å²) in [7, 11) is 0. The number of piperidine rings is 1. The first kappa shape index (κ1) is 13.4. The third-order valence-electron chi connectivity index (χ3n) is 3.98. The summed E-state index contributed by atoms with van der Waals surface area (Å²) in [5.41, 5.74) is 1.45. The van der Waals surface area contributed by atoms with Crippen molar-refractivity contribution < 1.29 is 4.74 Å². The number of rotatable bonds is 4. The Labute approximate surface area is 111 Å². The van der Waals surface area contributed by atoms with Crippen LogP contribution in [0, 0.1) is 11.8 Å². The normalized spacial score (nSPS) is 24.2. The third kappa shape index (κ3) is 3.05. The summed E-state index contributed by atoms with van der Waals surface area (Å²) in [5.74, 6) is 3.14. The molecule has 0 amide bonds. The fourth-order valence-corrected chi connectivity index (χ4v) is 3.00. The lowest BCUT2D eigenvalue weighted by molar-refractivity contribution is 0.254. The van der Waals surface area contributed by atoms with Crippen LogP contribution in [0.3, 0.4) is 0 Å². The van der Waals surface area contributed by atoms with Crippen LogP contribution in [0.1, 0.15) is 38.7 Å². The Morgan fingerprint density at radius 1 is 1.39 bits per heavy atom. The molecule has 0 spiro atoms. The van der Waals surface area contributed by atoms with Crippen molar-refractivity contribution in [1.82, 2.24) is 5.32 Å². The summed E-state index contributed by atoms with van der Waals surface area (Å²) < 4.78 is 5.62. The zero-order chi connectivity index (χ0) is 13.0. The fraction of sp³-hybridized carbons (Fsp3) is 0.625. The van der Waals surface area contributed by atoms with Gasteiger partial charge in [0.15, 0.2) is 0 Å². The Hall–Kier alpha value is -1.02. The maximum atomic E-state index is 5.62. The van der Waals surface area contributed by atoms with Crippen LogP contribution in [-0.2, 0) is 0 Å². The summed E-state index contributed by atoms with van der Waals surface area (Å²) in [5, 5.41) is 3.52. The molecule has 18 heavy (non-hydrogen) atoms. The van der Waals surface area contributed by atoms with E-state index in [4.69, 9.17) is 4.74 Å². The van der Waals surface area contributed by atoms with E-state index in [1.54, 1.807) is 0 Å². The highest BCUT2D eigenvalue weighted by Crippen LogP contribution is 2.35. The fourth-order valence-electron chi connectivity index (χ4n) is 3.00. The monoisotopic (exact) mass is 247 g/mol. The van der Waals surface area contributed by atoms with Crippen molar-refractivity contribution in [3.05, 3.63) is 29.8 Å². The minimum atomic E-state index is 0.673. The highest BCUT2D eigenvalue weighted by atomic mass is 16.5. The smallest absolute Gasteiger partial charge is 0.119 e. The first-order chi connectivity index (χ1) is 8.72. The van der Waals surface area contributed by atoms with Crippen molar-refractivity contribution in [2.24, 2.45) is 11.8 Å². The van der Waals surface area contributed by atoms with Gasteiger partial charge in [-0.1, -0.05) is 26.0 Å². The first-order valence-corrected chi connectivity index (χ1v) is 7.15. The Balaban J connectivity index is 2.19. The summed E-state index contributed by atoms with van der Waals surface area (Å²) in [6.07, 6.45) is 1.23. The van der Waals surface area contributed by atoms with E-state index < -0.39 is 0 Å². The lowest BCUT2D eigenvalue weighted by atomic mass is 9.75. The van der Waals surface area contributed by atoms with Crippen molar-refractivity contribution in [2.75, 3.05) is 19.7 Å². The molecule has 2 heteroatoms. The van der Waals surface area contributed by atoms with E-state index in [9.17, 15) is 0 Å². The van der Waals surface area contributed by atoms with Crippen LogP contribution in [-0.4, -0.2) is 19.7 Å². The number of nitrogens with one attached hydrogen (secondary N) is 1. The SMILES string of the molecule is CCOc1cccc(C2CCNCC2C(C)C)c1. The molecule has 2 rings (SSSR count). The van der Waals surface area contributed by atoms with E-state index >= 15 is 0 Å². The third-order valence-corrected chi connectivity index (χ3v) is 3.98. The minimum Gasteiger partial charge on any atom is -0.494 e. The van der Waals surface area contributed by atoms with Crippen LogP contribution >= 0.6 is 0 Å². The second-order valence-electron chi connectivity index (χ2n) is 5.51. The van der Waals surface area contributed by atoms with Gasteiger partial charge in [-0.25, -0.2) is 0 Å². The molecular weight excluding hydrogens is 222 g/mol. The predicted octanol–water partition coefficient (Wildman–Crippen LogP) is 3.43. The van der Waals surface area contributed by atoms with E-state index in [2.05, 4.69) is 43.4 Å². The Morgan fingerprint density at radius 2 is 2.22 bits per heavy atom. The molecule has 0 bridgehead atoms. The number of benzene rings is 1. The van der Waals surface area contributed by atoms with Crippen molar-refractivity contribution >= 4 is 0 Å². The second kappa shape index (κ2) is 6.24. The predicted molar refractivity (Wildman–Crippen MR) is 76.2 cm³/mol. The van der Waals surface area contributed by atoms with Gasteiger partial charge in [0.25, 0.3) is 0 Å². The maximum absolute atomic E-state index is 5.62. The van der Waals surface area contributed by atoms with Crippen molar-refractivity contribution in [2.45, 2.75) is 33.1 Å². The van der Waals surface area contributed by atoms with E-state index in [1.165, 1.54) is 12.0 Å². The molecule has 0 aliphatic carbocycles. The molecular formula is C16H25NO. The maximum Gasteiger partial charge on any atom is 0.119 e. The van der Waals surface area contributed by atoms with Gasteiger partial charge in [-0.2, -0.15) is 0 Å². The van der Waals surface area contributed by atoms with E-state index in [-0.39, 0.29) is 0 Å². The number of ether oxygens (including phenoxy) is 1. The molecule has 1 aliphatic rings. The van der Waals surface area contributed by atoms with Crippen LogP contribution in [0.25, 0.3) is 0 Å². The van der Waals surface area contributed by atoms with Gasteiger partial charge in [-0.3, -0.25) is 0 Å². The average molecular weight is 247 g/mol. The summed E-state index contributed by atoms with van der Waals surface area (Å²) >= 11 is 0. The quantitative estimate of drug-likeness (QED) is 0.880. The molecule has 1 aliphatic heterocycles. The van der Waals surface area contributed by atoms with Crippen LogP contribution in [0.15, 0.2) is 24.3 Å². The van der Waals surface area contributed by atoms with E-state index in [0.29, 0.717) is 5.92 Å². The lowest BCUT2D eigenvalue weighted by Gasteiger charge is -2.35. The molecule has 0 radical (unpaired) electrons. The van der Waals surface area contributed by atoms with E-state index in [1.807, 2.05) is 6.92 Å². The highest BCUT2D eigenvalue weighted by Gasteiger charge is 2.28.